The van der Waals surface area contributed by atoms with Gasteiger partial charge in [-0.2, -0.15) is 0 Å². The van der Waals surface area contributed by atoms with Gasteiger partial charge in [0.25, 0.3) is 0 Å². The molecule has 16 heavy (non-hydrogen) atoms. The van der Waals surface area contributed by atoms with Crippen LogP contribution in [-0.2, 0) is 0 Å². The highest BCUT2D eigenvalue weighted by Crippen LogP contribution is 2.27. The van der Waals surface area contributed by atoms with Crippen LogP contribution < -0.4 is 10.6 Å². The molecule has 0 fully saturated rings. The highest BCUT2D eigenvalue weighted by Gasteiger charge is 2.14. The second kappa shape index (κ2) is 5.93. The quantitative estimate of drug-likeness (QED) is 0.831. The van der Waals surface area contributed by atoms with Gasteiger partial charge in [-0.05, 0) is 44.8 Å². The van der Waals surface area contributed by atoms with Gasteiger partial charge in [0.1, 0.15) is 5.82 Å². The van der Waals surface area contributed by atoms with E-state index in [1.54, 1.807) is 6.20 Å². The lowest BCUT2D eigenvalue weighted by atomic mass is 10.2. The Balaban J connectivity index is 2.87. The zero-order valence-corrected chi connectivity index (χ0v) is 13.1. The lowest BCUT2D eigenvalue weighted by Crippen LogP contribution is -2.33. The summed E-state index contributed by atoms with van der Waals surface area (Å²) in [6.45, 7) is 2.06. The molecule has 0 aromatic carbocycles. The topological polar surface area (TPSA) is 42.1 Å². The van der Waals surface area contributed by atoms with Crippen LogP contribution in [0, 0.1) is 0 Å². The highest BCUT2D eigenvalue weighted by molar-refractivity contribution is 9.11. The zero-order chi connectivity index (χ0) is 12.3. The van der Waals surface area contributed by atoms with Gasteiger partial charge in [0, 0.05) is 30.2 Å². The fraction of sp³-hybridized carbons (Fsp3) is 0.400. The van der Waals surface area contributed by atoms with Crippen LogP contribution in [0.4, 0.5) is 5.82 Å². The van der Waals surface area contributed by atoms with E-state index in [4.69, 9.17) is 18.0 Å². The van der Waals surface area contributed by atoms with Gasteiger partial charge >= 0.3 is 0 Å². The average Bonchev–Trinajstić information content (AvgIpc) is 2.15. The number of thiocarbonyl (C=S) groups is 1. The van der Waals surface area contributed by atoms with Crippen LogP contribution in [-0.4, -0.2) is 23.1 Å². The second-order valence-electron chi connectivity index (χ2n) is 3.59. The maximum Gasteiger partial charge on any atom is 0.142 e. The fourth-order valence-corrected chi connectivity index (χ4v) is 2.81. The molecular formula is C10H13Br2N3S. The molecule has 0 bridgehead atoms. The minimum absolute atomic E-state index is 0.225. The standard InChI is InChI=1S/C10H13Br2N3S/c1-6(3-9(13)16)15(2)10-8(12)4-7(11)5-14-10/h4-6H,3H2,1-2H3,(H2,13,16). The van der Waals surface area contributed by atoms with Gasteiger partial charge in [-0.25, -0.2) is 4.98 Å². The number of halogens is 2. The molecule has 0 saturated heterocycles. The second-order valence-corrected chi connectivity index (χ2v) is 5.88. The van der Waals surface area contributed by atoms with Crippen molar-refractivity contribution in [3.05, 3.63) is 21.2 Å². The molecule has 3 nitrogen and oxygen atoms in total. The normalized spacial score (nSPS) is 12.2. The van der Waals surface area contributed by atoms with Crippen LogP contribution in [0.2, 0.25) is 0 Å². The van der Waals surface area contributed by atoms with Crippen LogP contribution >= 0.6 is 44.1 Å². The number of hydrogen-bond donors (Lipinski definition) is 1. The van der Waals surface area contributed by atoms with E-state index in [2.05, 4.69) is 48.7 Å². The Bertz CT molecular complexity index is 398. The minimum atomic E-state index is 0.225. The van der Waals surface area contributed by atoms with E-state index >= 15 is 0 Å². The molecule has 0 amide bonds. The van der Waals surface area contributed by atoms with Crippen molar-refractivity contribution in [1.29, 1.82) is 0 Å². The first kappa shape index (κ1) is 13.9. The Morgan fingerprint density at radius 1 is 1.62 bits per heavy atom. The van der Waals surface area contributed by atoms with Crippen LogP contribution in [0.5, 0.6) is 0 Å². The monoisotopic (exact) mass is 365 g/mol. The predicted molar refractivity (Wildman–Crippen MR) is 78.9 cm³/mol. The Labute approximate surface area is 118 Å². The van der Waals surface area contributed by atoms with E-state index in [0.29, 0.717) is 11.4 Å². The van der Waals surface area contributed by atoms with E-state index in [9.17, 15) is 0 Å². The molecule has 88 valence electrons. The largest absolute Gasteiger partial charge is 0.393 e. The van der Waals surface area contributed by atoms with Crippen molar-refractivity contribution in [3.63, 3.8) is 0 Å². The minimum Gasteiger partial charge on any atom is -0.393 e. The molecule has 0 saturated carbocycles. The highest BCUT2D eigenvalue weighted by atomic mass is 79.9. The molecule has 0 aliphatic rings. The average molecular weight is 367 g/mol. The van der Waals surface area contributed by atoms with E-state index < -0.39 is 0 Å². The van der Waals surface area contributed by atoms with Gasteiger partial charge in [0.05, 0.1) is 9.46 Å². The predicted octanol–water partition coefficient (Wildman–Crippen LogP) is 3.11. The lowest BCUT2D eigenvalue weighted by Gasteiger charge is -2.26. The van der Waals surface area contributed by atoms with E-state index in [1.807, 2.05) is 13.1 Å². The summed E-state index contributed by atoms with van der Waals surface area (Å²) in [5.41, 5.74) is 5.54. The van der Waals surface area contributed by atoms with Crippen LogP contribution in [0.15, 0.2) is 21.2 Å². The number of hydrogen-bond acceptors (Lipinski definition) is 3. The first-order valence-electron chi connectivity index (χ1n) is 4.74. The third kappa shape index (κ3) is 3.68. The molecule has 1 atom stereocenters. The zero-order valence-electron chi connectivity index (χ0n) is 9.08. The van der Waals surface area contributed by atoms with E-state index in [1.165, 1.54) is 0 Å². The fourth-order valence-electron chi connectivity index (χ4n) is 1.30. The Morgan fingerprint density at radius 2 is 2.25 bits per heavy atom. The number of pyridine rings is 1. The Kier molecular flexibility index (Phi) is 5.14. The molecule has 1 unspecified atom stereocenters. The van der Waals surface area contributed by atoms with Crippen molar-refractivity contribution in [1.82, 2.24) is 4.98 Å². The van der Waals surface area contributed by atoms with Gasteiger partial charge in [-0.3, -0.25) is 0 Å². The number of anilines is 1. The summed E-state index contributed by atoms with van der Waals surface area (Å²) in [5.74, 6) is 0.881. The van der Waals surface area contributed by atoms with Gasteiger partial charge in [0.2, 0.25) is 0 Å². The van der Waals surface area contributed by atoms with Crippen molar-refractivity contribution in [2.24, 2.45) is 5.73 Å². The van der Waals surface area contributed by atoms with Crippen LogP contribution in [0.3, 0.4) is 0 Å². The SMILES string of the molecule is CC(CC(N)=S)N(C)c1ncc(Br)cc1Br. The molecule has 1 rings (SSSR count). The molecule has 0 radical (unpaired) electrons. The Hall–Kier alpha value is -0.200. The third-order valence-electron chi connectivity index (χ3n) is 2.28. The first-order valence-corrected chi connectivity index (χ1v) is 6.73. The smallest absolute Gasteiger partial charge is 0.142 e. The van der Waals surface area contributed by atoms with Gasteiger partial charge in [-0.1, -0.05) is 12.2 Å². The van der Waals surface area contributed by atoms with Crippen molar-refractivity contribution < 1.29 is 0 Å². The number of nitrogens with zero attached hydrogens (tertiary/aromatic N) is 2. The molecule has 0 aliphatic heterocycles. The molecule has 0 aliphatic carbocycles. The van der Waals surface area contributed by atoms with E-state index in [-0.39, 0.29) is 6.04 Å². The summed E-state index contributed by atoms with van der Waals surface area (Å²) in [7, 11) is 1.98. The molecule has 2 N–H and O–H groups in total. The summed E-state index contributed by atoms with van der Waals surface area (Å²) < 4.78 is 1.89. The summed E-state index contributed by atoms with van der Waals surface area (Å²) in [6, 6.07) is 2.19. The van der Waals surface area contributed by atoms with E-state index in [0.717, 1.165) is 14.8 Å². The number of rotatable bonds is 4. The number of aromatic nitrogens is 1. The molecular weight excluding hydrogens is 354 g/mol. The third-order valence-corrected chi connectivity index (χ3v) is 3.46. The van der Waals surface area contributed by atoms with Crippen molar-refractivity contribution >= 4 is 54.9 Å². The summed E-state index contributed by atoms with van der Waals surface area (Å²) >= 11 is 11.8. The molecule has 1 aromatic rings. The van der Waals surface area contributed by atoms with Gasteiger partial charge in [-0.15, -0.1) is 0 Å². The van der Waals surface area contributed by atoms with Gasteiger partial charge < -0.3 is 10.6 Å². The lowest BCUT2D eigenvalue weighted by molar-refractivity contribution is 0.704. The maximum absolute atomic E-state index is 5.54. The molecule has 0 spiro atoms. The van der Waals surface area contributed by atoms with Crippen LogP contribution in [0.25, 0.3) is 0 Å². The summed E-state index contributed by atoms with van der Waals surface area (Å²) in [4.78, 5) is 6.93. The summed E-state index contributed by atoms with van der Waals surface area (Å²) in [6.07, 6.45) is 2.44. The number of nitrogens with two attached hydrogens (primary N) is 1. The van der Waals surface area contributed by atoms with Crippen molar-refractivity contribution in [2.45, 2.75) is 19.4 Å². The summed E-state index contributed by atoms with van der Waals surface area (Å²) in [5, 5.41) is 0. The molecule has 1 aromatic heterocycles. The van der Waals surface area contributed by atoms with Crippen molar-refractivity contribution in [3.8, 4) is 0 Å². The molecule has 6 heteroatoms. The van der Waals surface area contributed by atoms with Crippen LogP contribution in [0.1, 0.15) is 13.3 Å². The van der Waals surface area contributed by atoms with Crippen molar-refractivity contribution in [2.75, 3.05) is 11.9 Å². The van der Waals surface area contributed by atoms with Gasteiger partial charge in [0.15, 0.2) is 0 Å². The maximum atomic E-state index is 5.54. The molecule has 1 heterocycles. The first-order chi connectivity index (χ1) is 7.41. The Morgan fingerprint density at radius 3 is 2.75 bits per heavy atom.